The maximum absolute atomic E-state index is 5.55. The van der Waals surface area contributed by atoms with E-state index < -0.39 is 0 Å². The van der Waals surface area contributed by atoms with Crippen LogP contribution in [0.5, 0.6) is 5.75 Å². The van der Waals surface area contributed by atoms with E-state index in [9.17, 15) is 0 Å². The number of rotatable bonds is 5. The normalized spacial score (nSPS) is 9.21. The van der Waals surface area contributed by atoms with E-state index in [0.717, 1.165) is 30.9 Å². The van der Waals surface area contributed by atoms with Crippen molar-refractivity contribution in [2.45, 2.75) is 19.8 Å². The van der Waals surface area contributed by atoms with Crippen molar-refractivity contribution >= 4 is 23.1 Å². The third-order valence-corrected chi connectivity index (χ3v) is 1.88. The molecule has 0 atom stereocenters. The Labute approximate surface area is 89.6 Å². The molecule has 14 heavy (non-hydrogen) atoms. The minimum atomic E-state index is 0.723. The van der Waals surface area contributed by atoms with Gasteiger partial charge in [-0.3, -0.25) is 0 Å². The topological polar surface area (TPSA) is 21.6 Å². The SMILES string of the molecule is CCCCOc1ccccc1N=C=S. The molecule has 0 heterocycles. The van der Waals surface area contributed by atoms with Crippen molar-refractivity contribution in [3.05, 3.63) is 24.3 Å². The van der Waals surface area contributed by atoms with Gasteiger partial charge >= 0.3 is 0 Å². The molecular formula is C11H13NOS. The number of ether oxygens (including phenoxy) is 1. The lowest BCUT2D eigenvalue weighted by Gasteiger charge is -2.06. The van der Waals surface area contributed by atoms with Crippen molar-refractivity contribution < 1.29 is 4.74 Å². The zero-order valence-electron chi connectivity index (χ0n) is 8.19. The van der Waals surface area contributed by atoms with Crippen molar-refractivity contribution in [3.63, 3.8) is 0 Å². The third kappa shape index (κ3) is 3.29. The van der Waals surface area contributed by atoms with Crippen LogP contribution in [0.3, 0.4) is 0 Å². The predicted molar refractivity (Wildman–Crippen MR) is 61.5 cm³/mol. The molecule has 0 radical (unpaired) electrons. The highest BCUT2D eigenvalue weighted by Gasteiger charge is 1.99. The highest BCUT2D eigenvalue weighted by molar-refractivity contribution is 7.78. The Morgan fingerprint density at radius 2 is 2.21 bits per heavy atom. The Morgan fingerprint density at radius 1 is 1.43 bits per heavy atom. The Morgan fingerprint density at radius 3 is 2.93 bits per heavy atom. The summed E-state index contributed by atoms with van der Waals surface area (Å²) in [6.07, 6.45) is 2.17. The molecule has 0 saturated carbocycles. The number of thiocarbonyl (C=S) groups is 1. The Bertz CT molecular complexity index is 332. The van der Waals surface area contributed by atoms with Crippen LogP contribution >= 0.6 is 12.2 Å². The number of benzene rings is 1. The van der Waals surface area contributed by atoms with Crippen molar-refractivity contribution in [2.24, 2.45) is 4.99 Å². The molecular weight excluding hydrogens is 194 g/mol. The average Bonchev–Trinajstić information content (AvgIpc) is 2.21. The van der Waals surface area contributed by atoms with Crippen molar-refractivity contribution in [3.8, 4) is 5.75 Å². The second kappa shape index (κ2) is 6.30. The van der Waals surface area contributed by atoms with Gasteiger partial charge < -0.3 is 4.74 Å². The number of nitrogens with zero attached hydrogens (tertiary/aromatic N) is 1. The largest absolute Gasteiger partial charge is 0.491 e. The summed E-state index contributed by atoms with van der Waals surface area (Å²) >= 11 is 4.56. The standard InChI is InChI=1S/C11H13NOS/c1-2-3-8-13-11-7-5-4-6-10(11)12-9-14/h4-7H,2-3,8H2,1H3. The minimum Gasteiger partial charge on any atom is -0.491 e. The van der Waals surface area contributed by atoms with Crippen molar-refractivity contribution in [2.75, 3.05) is 6.61 Å². The summed E-state index contributed by atoms with van der Waals surface area (Å²) in [7, 11) is 0. The average molecular weight is 207 g/mol. The lowest BCUT2D eigenvalue weighted by Crippen LogP contribution is -1.96. The molecule has 0 aliphatic rings. The first-order valence-corrected chi connectivity index (χ1v) is 5.09. The molecule has 2 nitrogen and oxygen atoms in total. The lowest BCUT2D eigenvalue weighted by atomic mass is 10.3. The van der Waals surface area contributed by atoms with Gasteiger partial charge in [-0.15, -0.1) is 0 Å². The summed E-state index contributed by atoms with van der Waals surface area (Å²) in [5, 5.41) is 2.34. The number of isothiocyanates is 1. The van der Waals surface area contributed by atoms with Gasteiger partial charge in [-0.05, 0) is 30.8 Å². The van der Waals surface area contributed by atoms with Crippen LogP contribution in [-0.2, 0) is 0 Å². The second-order valence-corrected chi connectivity index (χ2v) is 3.06. The van der Waals surface area contributed by atoms with Gasteiger partial charge in [0.05, 0.1) is 11.8 Å². The van der Waals surface area contributed by atoms with Gasteiger partial charge in [0.25, 0.3) is 0 Å². The van der Waals surface area contributed by atoms with E-state index in [-0.39, 0.29) is 0 Å². The van der Waals surface area contributed by atoms with Crippen LogP contribution in [0.15, 0.2) is 29.3 Å². The van der Waals surface area contributed by atoms with Crippen LogP contribution in [0.25, 0.3) is 0 Å². The molecule has 1 aromatic rings. The van der Waals surface area contributed by atoms with E-state index in [2.05, 4.69) is 29.3 Å². The number of hydrogen-bond acceptors (Lipinski definition) is 3. The highest BCUT2D eigenvalue weighted by Crippen LogP contribution is 2.26. The third-order valence-electron chi connectivity index (χ3n) is 1.79. The van der Waals surface area contributed by atoms with Gasteiger partial charge in [-0.25, -0.2) is 0 Å². The number of hydrogen-bond donors (Lipinski definition) is 0. The zero-order chi connectivity index (χ0) is 10.2. The molecule has 1 rings (SSSR count). The molecule has 0 fully saturated rings. The molecule has 0 aliphatic carbocycles. The predicted octanol–water partition coefficient (Wildman–Crippen LogP) is 3.60. The summed E-state index contributed by atoms with van der Waals surface area (Å²) in [5.74, 6) is 0.776. The first-order chi connectivity index (χ1) is 6.88. The van der Waals surface area contributed by atoms with Crippen LogP contribution in [0.4, 0.5) is 5.69 Å². The first-order valence-electron chi connectivity index (χ1n) is 4.68. The maximum Gasteiger partial charge on any atom is 0.145 e. The second-order valence-electron chi connectivity index (χ2n) is 2.87. The van der Waals surface area contributed by atoms with Crippen LogP contribution in [-0.4, -0.2) is 11.8 Å². The summed E-state index contributed by atoms with van der Waals surface area (Å²) < 4.78 is 5.55. The van der Waals surface area contributed by atoms with Gasteiger partial charge in [0.1, 0.15) is 11.4 Å². The molecule has 0 aliphatic heterocycles. The smallest absolute Gasteiger partial charge is 0.145 e. The Kier molecular flexibility index (Phi) is 4.90. The summed E-state index contributed by atoms with van der Waals surface area (Å²) in [4.78, 5) is 3.93. The van der Waals surface area contributed by atoms with Gasteiger partial charge in [-0.2, -0.15) is 4.99 Å². The van der Waals surface area contributed by atoms with Crippen LogP contribution in [0.2, 0.25) is 0 Å². The maximum atomic E-state index is 5.55. The van der Waals surface area contributed by atoms with E-state index in [4.69, 9.17) is 4.74 Å². The molecule has 0 bridgehead atoms. The number of aliphatic imine (C=N–C) groups is 1. The summed E-state index contributed by atoms with van der Waals surface area (Å²) in [6, 6.07) is 7.57. The van der Waals surface area contributed by atoms with Crippen LogP contribution < -0.4 is 4.74 Å². The van der Waals surface area contributed by atoms with E-state index in [0.29, 0.717) is 0 Å². The van der Waals surface area contributed by atoms with E-state index in [1.54, 1.807) is 0 Å². The van der Waals surface area contributed by atoms with Gasteiger partial charge in [0.2, 0.25) is 0 Å². The Hall–Kier alpha value is -1.18. The number of unbranched alkanes of at least 4 members (excludes halogenated alkanes) is 1. The quantitative estimate of drug-likeness (QED) is 0.418. The summed E-state index contributed by atoms with van der Waals surface area (Å²) in [6.45, 7) is 2.85. The molecule has 0 unspecified atom stereocenters. The molecule has 0 saturated heterocycles. The highest BCUT2D eigenvalue weighted by atomic mass is 32.1. The van der Waals surface area contributed by atoms with Gasteiger partial charge in [0, 0.05) is 0 Å². The molecule has 1 aromatic carbocycles. The molecule has 0 N–H and O–H groups in total. The lowest BCUT2D eigenvalue weighted by molar-refractivity contribution is 0.310. The minimum absolute atomic E-state index is 0.723. The van der Waals surface area contributed by atoms with Crippen LogP contribution in [0, 0.1) is 0 Å². The molecule has 0 spiro atoms. The monoisotopic (exact) mass is 207 g/mol. The van der Waals surface area contributed by atoms with Gasteiger partial charge in [-0.1, -0.05) is 25.5 Å². The first kappa shape index (κ1) is 10.9. The summed E-state index contributed by atoms with van der Waals surface area (Å²) in [5.41, 5.74) is 0.749. The number of para-hydroxylation sites is 2. The fraction of sp³-hybridized carbons (Fsp3) is 0.364. The fourth-order valence-electron chi connectivity index (χ4n) is 1.05. The van der Waals surface area contributed by atoms with Gasteiger partial charge in [0.15, 0.2) is 0 Å². The van der Waals surface area contributed by atoms with E-state index in [1.807, 2.05) is 24.3 Å². The zero-order valence-corrected chi connectivity index (χ0v) is 9.01. The van der Waals surface area contributed by atoms with E-state index >= 15 is 0 Å². The Balaban J connectivity index is 2.69. The van der Waals surface area contributed by atoms with E-state index in [1.165, 1.54) is 0 Å². The molecule has 3 heteroatoms. The van der Waals surface area contributed by atoms with Crippen molar-refractivity contribution in [1.82, 2.24) is 0 Å². The molecule has 0 amide bonds. The molecule has 0 aromatic heterocycles. The van der Waals surface area contributed by atoms with Crippen molar-refractivity contribution in [1.29, 1.82) is 0 Å². The fourth-order valence-corrected chi connectivity index (χ4v) is 1.15. The molecule has 74 valence electrons. The van der Waals surface area contributed by atoms with Crippen LogP contribution in [0.1, 0.15) is 19.8 Å².